The monoisotopic (exact) mass is 395 g/mol. The molecule has 1 amide bonds. The van der Waals surface area contributed by atoms with Crippen molar-refractivity contribution in [2.75, 3.05) is 13.1 Å². The van der Waals surface area contributed by atoms with E-state index in [9.17, 15) is 13.2 Å². The maximum absolute atomic E-state index is 11.8. The van der Waals surface area contributed by atoms with Crippen molar-refractivity contribution in [1.29, 1.82) is 0 Å². The number of sulfonamides is 1. The number of carbonyl (C=O) groups excluding carboxylic acids is 1. The van der Waals surface area contributed by atoms with Gasteiger partial charge in [-0.25, -0.2) is 13.6 Å². The minimum atomic E-state index is -3.67. The molecule has 0 unspecified atom stereocenters. The Morgan fingerprint density at radius 1 is 0.962 bits per heavy atom. The number of hydrogen-bond donors (Lipinski definition) is 3. The summed E-state index contributed by atoms with van der Waals surface area (Å²) in [6.45, 7) is 1.75. The van der Waals surface area contributed by atoms with E-state index in [4.69, 9.17) is 16.7 Å². The van der Waals surface area contributed by atoms with Crippen molar-refractivity contribution < 1.29 is 13.2 Å². The van der Waals surface area contributed by atoms with Gasteiger partial charge in [0.1, 0.15) is 0 Å². The van der Waals surface area contributed by atoms with Crippen LogP contribution >= 0.6 is 11.6 Å². The molecule has 0 radical (unpaired) electrons. The zero-order chi connectivity index (χ0) is 19.0. The van der Waals surface area contributed by atoms with E-state index in [1.807, 2.05) is 24.3 Å². The Balaban J connectivity index is 1.62. The Bertz CT molecular complexity index is 822. The van der Waals surface area contributed by atoms with Crippen molar-refractivity contribution in [3.63, 3.8) is 0 Å². The van der Waals surface area contributed by atoms with Crippen molar-refractivity contribution in [3.8, 4) is 0 Å². The molecule has 0 atom stereocenters. The summed E-state index contributed by atoms with van der Waals surface area (Å²) in [5.74, 6) is -0.0326. The summed E-state index contributed by atoms with van der Waals surface area (Å²) in [6, 6.07) is 13.9. The van der Waals surface area contributed by atoms with Crippen molar-refractivity contribution >= 4 is 27.5 Å². The number of benzene rings is 2. The van der Waals surface area contributed by atoms with Gasteiger partial charge in [0, 0.05) is 31.1 Å². The molecule has 2 aromatic rings. The number of nitrogens with two attached hydrogens (primary N) is 1. The van der Waals surface area contributed by atoms with Crippen LogP contribution in [0.1, 0.15) is 17.5 Å². The van der Waals surface area contributed by atoms with E-state index >= 15 is 0 Å². The molecule has 6 nitrogen and oxygen atoms in total. The molecule has 140 valence electrons. The molecule has 26 heavy (non-hydrogen) atoms. The molecule has 0 aliphatic rings. The number of primary sulfonamides is 1. The Morgan fingerprint density at radius 3 is 2.19 bits per heavy atom. The number of hydrogen-bond acceptors (Lipinski definition) is 4. The van der Waals surface area contributed by atoms with E-state index in [1.165, 1.54) is 12.1 Å². The van der Waals surface area contributed by atoms with E-state index in [0.717, 1.165) is 11.1 Å². The van der Waals surface area contributed by atoms with E-state index in [0.29, 0.717) is 37.5 Å². The highest BCUT2D eigenvalue weighted by molar-refractivity contribution is 7.89. The standard InChI is InChI=1S/C18H22ClN3O3S/c19-16-5-1-15(2-6-16)13-21-11-10-18(23)22-12-9-14-3-7-17(8-4-14)26(20,24)25/h1-8,21H,9-13H2,(H,22,23)(H2,20,24,25). The number of nitrogens with one attached hydrogen (secondary N) is 2. The highest BCUT2D eigenvalue weighted by atomic mass is 35.5. The van der Waals surface area contributed by atoms with Gasteiger partial charge in [-0.05, 0) is 41.8 Å². The first-order valence-corrected chi connectivity index (χ1v) is 10.1. The minimum Gasteiger partial charge on any atom is -0.356 e. The molecule has 0 aliphatic carbocycles. The average molecular weight is 396 g/mol. The van der Waals surface area contributed by atoms with Crippen LogP contribution in [-0.2, 0) is 27.8 Å². The van der Waals surface area contributed by atoms with Crippen LogP contribution in [-0.4, -0.2) is 27.4 Å². The molecular weight excluding hydrogens is 374 g/mol. The van der Waals surface area contributed by atoms with Crippen molar-refractivity contribution in [2.45, 2.75) is 24.3 Å². The molecule has 2 rings (SSSR count). The minimum absolute atomic E-state index is 0.0326. The SMILES string of the molecule is NS(=O)(=O)c1ccc(CCNC(=O)CCNCc2ccc(Cl)cc2)cc1. The molecule has 4 N–H and O–H groups in total. The van der Waals surface area contributed by atoms with Gasteiger partial charge < -0.3 is 10.6 Å². The van der Waals surface area contributed by atoms with Crippen molar-refractivity contribution in [3.05, 3.63) is 64.7 Å². The van der Waals surface area contributed by atoms with Gasteiger partial charge in [-0.1, -0.05) is 35.9 Å². The lowest BCUT2D eigenvalue weighted by Crippen LogP contribution is -2.29. The molecule has 8 heteroatoms. The Labute approximate surface area is 158 Å². The molecule has 2 aromatic carbocycles. The summed E-state index contributed by atoms with van der Waals surface area (Å²) >= 11 is 5.83. The third kappa shape index (κ3) is 7.13. The maximum Gasteiger partial charge on any atom is 0.238 e. The number of halogens is 1. The number of rotatable bonds is 9. The second-order valence-electron chi connectivity index (χ2n) is 5.84. The van der Waals surface area contributed by atoms with Crippen LogP contribution in [0.5, 0.6) is 0 Å². The first-order valence-electron chi connectivity index (χ1n) is 8.18. The maximum atomic E-state index is 11.8. The lowest BCUT2D eigenvalue weighted by Gasteiger charge is -2.07. The zero-order valence-electron chi connectivity index (χ0n) is 14.2. The van der Waals surface area contributed by atoms with Gasteiger partial charge in [-0.15, -0.1) is 0 Å². The van der Waals surface area contributed by atoms with Crippen LogP contribution in [0.15, 0.2) is 53.4 Å². The predicted molar refractivity (Wildman–Crippen MR) is 102 cm³/mol. The highest BCUT2D eigenvalue weighted by Crippen LogP contribution is 2.09. The molecule has 0 saturated carbocycles. The zero-order valence-corrected chi connectivity index (χ0v) is 15.8. The van der Waals surface area contributed by atoms with Gasteiger partial charge in [0.15, 0.2) is 0 Å². The van der Waals surface area contributed by atoms with E-state index in [2.05, 4.69) is 10.6 Å². The number of amides is 1. The smallest absolute Gasteiger partial charge is 0.238 e. The van der Waals surface area contributed by atoms with Crippen LogP contribution < -0.4 is 15.8 Å². The largest absolute Gasteiger partial charge is 0.356 e. The van der Waals surface area contributed by atoms with Crippen LogP contribution in [0.4, 0.5) is 0 Å². The fourth-order valence-corrected chi connectivity index (χ4v) is 2.96. The topological polar surface area (TPSA) is 101 Å². The molecule has 0 aromatic heterocycles. The van der Waals surface area contributed by atoms with E-state index in [-0.39, 0.29) is 10.8 Å². The van der Waals surface area contributed by atoms with E-state index < -0.39 is 10.0 Å². The predicted octanol–water partition coefficient (Wildman–Crippen LogP) is 1.83. The molecule has 0 heterocycles. The van der Waals surface area contributed by atoms with Crippen molar-refractivity contribution in [1.82, 2.24) is 10.6 Å². The first kappa shape index (κ1) is 20.4. The van der Waals surface area contributed by atoms with Gasteiger partial charge in [0.05, 0.1) is 4.90 Å². The summed E-state index contributed by atoms with van der Waals surface area (Å²) < 4.78 is 22.4. The molecule has 0 bridgehead atoms. The van der Waals surface area contributed by atoms with Crippen LogP contribution in [0.25, 0.3) is 0 Å². The van der Waals surface area contributed by atoms with Crippen LogP contribution in [0.2, 0.25) is 5.02 Å². The first-order chi connectivity index (χ1) is 12.3. The summed E-state index contributed by atoms with van der Waals surface area (Å²) in [5, 5.41) is 11.8. The second kappa shape index (κ2) is 9.68. The Hall–Kier alpha value is -1.93. The Kier molecular flexibility index (Phi) is 7.59. The normalized spacial score (nSPS) is 11.3. The average Bonchev–Trinajstić information content (AvgIpc) is 2.60. The molecule has 0 spiro atoms. The van der Waals surface area contributed by atoms with Crippen LogP contribution in [0, 0.1) is 0 Å². The van der Waals surface area contributed by atoms with Gasteiger partial charge in [-0.3, -0.25) is 4.79 Å². The fraction of sp³-hybridized carbons (Fsp3) is 0.278. The highest BCUT2D eigenvalue weighted by Gasteiger charge is 2.07. The third-order valence-electron chi connectivity index (χ3n) is 3.76. The summed E-state index contributed by atoms with van der Waals surface area (Å²) in [5.41, 5.74) is 2.04. The fourth-order valence-electron chi connectivity index (χ4n) is 2.32. The molecule has 0 aliphatic heterocycles. The third-order valence-corrected chi connectivity index (χ3v) is 4.94. The molecule has 0 saturated heterocycles. The van der Waals surface area contributed by atoms with Gasteiger partial charge in [0.2, 0.25) is 15.9 Å². The lowest BCUT2D eigenvalue weighted by molar-refractivity contribution is -0.120. The molecular formula is C18H22ClN3O3S. The summed E-state index contributed by atoms with van der Waals surface area (Å²) in [4.78, 5) is 11.9. The van der Waals surface area contributed by atoms with Gasteiger partial charge in [0.25, 0.3) is 0 Å². The van der Waals surface area contributed by atoms with Gasteiger partial charge in [-0.2, -0.15) is 0 Å². The molecule has 0 fully saturated rings. The van der Waals surface area contributed by atoms with Crippen LogP contribution in [0.3, 0.4) is 0 Å². The van der Waals surface area contributed by atoms with Gasteiger partial charge >= 0.3 is 0 Å². The van der Waals surface area contributed by atoms with Crippen molar-refractivity contribution in [2.24, 2.45) is 5.14 Å². The lowest BCUT2D eigenvalue weighted by atomic mass is 10.1. The number of carbonyl (C=O) groups is 1. The summed E-state index contributed by atoms with van der Waals surface area (Å²) in [6.07, 6.45) is 1.01. The summed E-state index contributed by atoms with van der Waals surface area (Å²) in [7, 11) is -3.67. The second-order valence-corrected chi connectivity index (χ2v) is 7.84. The Morgan fingerprint density at radius 2 is 1.58 bits per heavy atom. The van der Waals surface area contributed by atoms with E-state index in [1.54, 1.807) is 12.1 Å². The quantitative estimate of drug-likeness (QED) is 0.564.